The van der Waals surface area contributed by atoms with Crippen molar-refractivity contribution < 1.29 is 23.8 Å². The molecule has 192 valence electrons. The highest BCUT2D eigenvalue weighted by atomic mass is 35.5. The number of esters is 1. The highest BCUT2D eigenvalue weighted by Crippen LogP contribution is 2.45. The molecule has 0 saturated heterocycles. The third-order valence-corrected chi connectivity index (χ3v) is 7.37. The van der Waals surface area contributed by atoms with Gasteiger partial charge >= 0.3 is 5.97 Å². The lowest BCUT2D eigenvalue weighted by Crippen LogP contribution is -2.49. The first-order valence-corrected chi connectivity index (χ1v) is 13.1. The third kappa shape index (κ3) is 5.47. The lowest BCUT2D eigenvalue weighted by molar-refractivity contribution is -0.146. The number of benzene rings is 2. The van der Waals surface area contributed by atoms with E-state index < -0.39 is 11.5 Å². The summed E-state index contributed by atoms with van der Waals surface area (Å²) in [6.45, 7) is 6.56. The molecular formula is C28H31Cl2NO5. The second-order valence-corrected chi connectivity index (χ2v) is 10.0. The smallest absolute Gasteiger partial charge is 0.337 e. The van der Waals surface area contributed by atoms with Crippen LogP contribution < -0.4 is 5.32 Å². The molecule has 0 aromatic heterocycles. The fourth-order valence-electron chi connectivity index (χ4n) is 5.05. The zero-order valence-electron chi connectivity index (χ0n) is 20.8. The zero-order valence-corrected chi connectivity index (χ0v) is 22.3. The van der Waals surface area contributed by atoms with Crippen molar-refractivity contribution in [1.82, 2.24) is 5.32 Å². The molecule has 1 amide bonds. The number of aryl methyl sites for hydroxylation is 1. The molecule has 2 aromatic rings. The molecule has 1 N–H and O–H groups in total. The van der Waals surface area contributed by atoms with E-state index >= 15 is 0 Å². The van der Waals surface area contributed by atoms with Gasteiger partial charge in [0.25, 0.3) is 5.91 Å². The van der Waals surface area contributed by atoms with Crippen LogP contribution in [0.1, 0.15) is 50.7 Å². The second kappa shape index (κ2) is 11.3. The number of amides is 1. The van der Waals surface area contributed by atoms with Crippen LogP contribution in [0.4, 0.5) is 0 Å². The van der Waals surface area contributed by atoms with Gasteiger partial charge in [0.1, 0.15) is 12.4 Å². The monoisotopic (exact) mass is 531 g/mol. The Labute approximate surface area is 221 Å². The SMILES string of the molecule is CCOCC(=O)OC1=C(c2cc(C)c(-c3ccc(Cl)cc3)cc2Cl)C(=O)NC12CCC(OCC)CC2. The summed E-state index contributed by atoms with van der Waals surface area (Å²) in [5.41, 5.74) is 2.87. The van der Waals surface area contributed by atoms with Crippen LogP contribution >= 0.6 is 23.2 Å². The van der Waals surface area contributed by atoms with Gasteiger partial charge in [0.05, 0.1) is 17.2 Å². The molecule has 2 aromatic carbocycles. The van der Waals surface area contributed by atoms with Crippen LogP contribution in [0.15, 0.2) is 42.2 Å². The van der Waals surface area contributed by atoms with Gasteiger partial charge in [-0.15, -0.1) is 0 Å². The normalized spacial score (nSPS) is 21.7. The van der Waals surface area contributed by atoms with Crippen molar-refractivity contribution >= 4 is 40.7 Å². The molecule has 1 saturated carbocycles. The molecule has 4 rings (SSSR count). The van der Waals surface area contributed by atoms with Crippen molar-refractivity contribution in [3.63, 3.8) is 0 Å². The number of ether oxygens (including phenoxy) is 3. The first kappa shape index (κ1) is 26.7. The minimum atomic E-state index is -0.784. The molecule has 1 spiro atoms. The van der Waals surface area contributed by atoms with Gasteiger partial charge in [-0.1, -0.05) is 35.3 Å². The number of rotatable bonds is 8. The first-order chi connectivity index (χ1) is 17.3. The number of carbonyl (C=O) groups excluding carboxylic acids is 2. The summed E-state index contributed by atoms with van der Waals surface area (Å²) >= 11 is 12.8. The molecule has 8 heteroatoms. The van der Waals surface area contributed by atoms with Crippen LogP contribution in [0, 0.1) is 6.92 Å². The predicted molar refractivity (Wildman–Crippen MR) is 141 cm³/mol. The van der Waals surface area contributed by atoms with Crippen molar-refractivity contribution in [2.45, 2.75) is 58.1 Å². The topological polar surface area (TPSA) is 73.9 Å². The van der Waals surface area contributed by atoms with Crippen LogP contribution in [-0.2, 0) is 23.8 Å². The van der Waals surface area contributed by atoms with E-state index in [1.54, 1.807) is 6.92 Å². The van der Waals surface area contributed by atoms with Gasteiger partial charge in [-0.25, -0.2) is 4.79 Å². The van der Waals surface area contributed by atoms with Crippen LogP contribution in [0.3, 0.4) is 0 Å². The van der Waals surface area contributed by atoms with Gasteiger partial charge in [0.15, 0.2) is 0 Å². The molecule has 0 unspecified atom stereocenters. The lowest BCUT2D eigenvalue weighted by Gasteiger charge is -2.38. The van der Waals surface area contributed by atoms with Gasteiger partial charge in [-0.3, -0.25) is 4.79 Å². The number of halogens is 2. The molecule has 0 atom stereocenters. The van der Waals surface area contributed by atoms with Gasteiger partial charge < -0.3 is 19.5 Å². The highest BCUT2D eigenvalue weighted by Gasteiger charge is 2.50. The van der Waals surface area contributed by atoms with E-state index in [0.717, 1.165) is 29.5 Å². The van der Waals surface area contributed by atoms with E-state index in [2.05, 4.69) is 5.32 Å². The Morgan fingerprint density at radius 3 is 2.39 bits per heavy atom. The Balaban J connectivity index is 1.77. The van der Waals surface area contributed by atoms with Gasteiger partial charge in [-0.2, -0.15) is 0 Å². The fraction of sp³-hybridized carbons (Fsp3) is 0.429. The van der Waals surface area contributed by atoms with E-state index in [9.17, 15) is 9.59 Å². The maximum atomic E-state index is 13.4. The van der Waals surface area contributed by atoms with Crippen molar-refractivity contribution in [3.05, 3.63) is 63.3 Å². The molecular weight excluding hydrogens is 501 g/mol. The molecule has 1 heterocycles. The Kier molecular flexibility index (Phi) is 8.41. The maximum Gasteiger partial charge on any atom is 0.337 e. The largest absolute Gasteiger partial charge is 0.426 e. The Morgan fingerprint density at radius 1 is 1.06 bits per heavy atom. The molecule has 1 aliphatic heterocycles. The standard InChI is InChI=1S/C28H31Cl2NO5/c1-4-34-16-24(32)36-26-25(27(33)31-28(26)12-10-20(11-13-28)35-5-2)22-14-17(3)21(15-23(22)30)18-6-8-19(29)9-7-18/h6-9,14-15,20H,4-5,10-13,16H2,1-3H3,(H,31,33). The van der Waals surface area contributed by atoms with Gasteiger partial charge in [0.2, 0.25) is 0 Å². The van der Waals surface area contributed by atoms with Gasteiger partial charge in [0, 0.05) is 28.8 Å². The fourth-order valence-corrected chi connectivity index (χ4v) is 5.44. The summed E-state index contributed by atoms with van der Waals surface area (Å²) in [6.07, 6.45) is 2.81. The summed E-state index contributed by atoms with van der Waals surface area (Å²) in [7, 11) is 0. The quantitative estimate of drug-likeness (QED) is 0.416. The van der Waals surface area contributed by atoms with Crippen LogP contribution in [0.25, 0.3) is 16.7 Å². The molecule has 2 aliphatic rings. The molecule has 6 nitrogen and oxygen atoms in total. The second-order valence-electron chi connectivity index (χ2n) is 9.16. The summed E-state index contributed by atoms with van der Waals surface area (Å²) in [6, 6.07) is 11.2. The van der Waals surface area contributed by atoms with E-state index in [4.69, 9.17) is 37.4 Å². The van der Waals surface area contributed by atoms with Crippen molar-refractivity contribution in [2.24, 2.45) is 0 Å². The Bertz CT molecular complexity index is 1170. The van der Waals surface area contributed by atoms with Crippen molar-refractivity contribution in [3.8, 4) is 11.1 Å². The third-order valence-electron chi connectivity index (χ3n) is 6.81. The minimum Gasteiger partial charge on any atom is -0.426 e. The number of carbonyl (C=O) groups is 2. The van der Waals surface area contributed by atoms with E-state index in [0.29, 0.717) is 53.0 Å². The van der Waals surface area contributed by atoms with E-state index in [1.807, 2.05) is 50.2 Å². The zero-order chi connectivity index (χ0) is 25.9. The van der Waals surface area contributed by atoms with E-state index in [1.165, 1.54) is 0 Å². The predicted octanol–water partition coefficient (Wildman–Crippen LogP) is 6.11. The van der Waals surface area contributed by atoms with E-state index in [-0.39, 0.29) is 18.6 Å². The van der Waals surface area contributed by atoms with Crippen molar-refractivity contribution in [2.75, 3.05) is 19.8 Å². The maximum absolute atomic E-state index is 13.4. The number of hydrogen-bond acceptors (Lipinski definition) is 5. The van der Waals surface area contributed by atoms with Crippen molar-refractivity contribution in [1.29, 1.82) is 0 Å². The summed E-state index contributed by atoms with van der Waals surface area (Å²) in [4.78, 5) is 26.1. The number of hydrogen-bond donors (Lipinski definition) is 1. The van der Waals surface area contributed by atoms with Crippen LogP contribution in [-0.4, -0.2) is 43.3 Å². The minimum absolute atomic E-state index is 0.117. The molecule has 0 bridgehead atoms. The molecule has 36 heavy (non-hydrogen) atoms. The molecule has 1 aliphatic carbocycles. The van der Waals surface area contributed by atoms with Gasteiger partial charge in [-0.05, 0) is 87.4 Å². The summed E-state index contributed by atoms with van der Waals surface area (Å²) in [5, 5.41) is 4.18. The average molecular weight is 532 g/mol. The summed E-state index contributed by atoms with van der Waals surface area (Å²) < 4.78 is 16.9. The molecule has 1 fully saturated rings. The van der Waals surface area contributed by atoms with Crippen LogP contribution in [0.2, 0.25) is 10.0 Å². The Hall–Kier alpha value is -2.38. The Morgan fingerprint density at radius 2 is 1.75 bits per heavy atom. The van der Waals surface area contributed by atoms with Crippen LogP contribution in [0.5, 0.6) is 0 Å². The molecule has 0 radical (unpaired) electrons. The number of nitrogens with one attached hydrogen (secondary N) is 1. The summed E-state index contributed by atoms with van der Waals surface area (Å²) in [5.74, 6) is -0.518. The lowest BCUT2D eigenvalue weighted by atomic mass is 9.79. The average Bonchev–Trinajstić information content (AvgIpc) is 3.11. The first-order valence-electron chi connectivity index (χ1n) is 12.3. The highest BCUT2D eigenvalue weighted by molar-refractivity contribution is 6.36.